The maximum Gasteiger partial charge on any atom is 0.573 e. The monoisotopic (exact) mass is 449 g/mol. The van der Waals surface area contributed by atoms with E-state index in [1.807, 2.05) is 6.92 Å². The van der Waals surface area contributed by atoms with Crippen LogP contribution in [0.25, 0.3) is 10.9 Å². The van der Waals surface area contributed by atoms with Gasteiger partial charge < -0.3 is 14.6 Å². The van der Waals surface area contributed by atoms with Gasteiger partial charge in [0.05, 0.1) is 16.6 Å². The highest BCUT2D eigenvalue weighted by Gasteiger charge is 2.31. The summed E-state index contributed by atoms with van der Waals surface area (Å²) in [5.41, 5.74) is 1.42. The number of aryl methyl sites for hydroxylation is 1. The van der Waals surface area contributed by atoms with Gasteiger partial charge in [-0.3, -0.25) is 14.2 Å². The van der Waals surface area contributed by atoms with Crippen molar-refractivity contribution < 1.29 is 37.3 Å². The second kappa shape index (κ2) is 8.94. The van der Waals surface area contributed by atoms with E-state index in [0.29, 0.717) is 28.6 Å². The Hall–Kier alpha value is -3.49. The Labute approximate surface area is 182 Å². The number of hydrogen-bond acceptors (Lipinski definition) is 5. The number of hydrogen-bond donors (Lipinski definition) is 1. The molecule has 0 spiro atoms. The minimum absolute atomic E-state index is 0.0256. The van der Waals surface area contributed by atoms with Crippen LogP contribution in [0.3, 0.4) is 0 Å². The molecule has 0 amide bonds. The topological polar surface area (TPSA) is 77.8 Å². The SMILES string of the molecule is CCCCc1c(O)ccc2c1c(OC(C)=O)c(C)n2C(=O)c1ccc(OC(F)(F)F)cc1. The van der Waals surface area contributed by atoms with Gasteiger partial charge in [0.15, 0.2) is 5.75 Å². The molecule has 0 bridgehead atoms. The van der Waals surface area contributed by atoms with Gasteiger partial charge in [-0.2, -0.15) is 0 Å². The van der Waals surface area contributed by atoms with Crippen LogP contribution in [-0.4, -0.2) is 27.9 Å². The molecule has 0 fully saturated rings. The fourth-order valence-electron chi connectivity index (χ4n) is 3.59. The number of aromatic nitrogens is 1. The minimum atomic E-state index is -4.84. The summed E-state index contributed by atoms with van der Waals surface area (Å²) in [4.78, 5) is 25.0. The standard InChI is InChI=1S/C23H22F3NO5/c1-4-5-6-17-19(29)12-11-18-20(17)21(31-14(3)28)13(2)27(18)22(30)15-7-9-16(10-8-15)32-23(24,25)26/h7-12,29H,4-6H2,1-3H3. The number of nitrogens with zero attached hydrogens (tertiary/aromatic N) is 1. The maximum atomic E-state index is 13.3. The molecule has 2 aromatic carbocycles. The molecule has 3 aromatic rings. The third-order valence-electron chi connectivity index (χ3n) is 4.96. The highest BCUT2D eigenvalue weighted by atomic mass is 19.4. The molecule has 0 aliphatic heterocycles. The predicted molar refractivity (Wildman–Crippen MR) is 111 cm³/mol. The van der Waals surface area contributed by atoms with Crippen LogP contribution in [0.15, 0.2) is 36.4 Å². The number of phenols is 1. The van der Waals surface area contributed by atoms with E-state index in [1.165, 1.54) is 29.7 Å². The van der Waals surface area contributed by atoms with Crippen molar-refractivity contribution >= 4 is 22.8 Å². The fourth-order valence-corrected chi connectivity index (χ4v) is 3.59. The number of carbonyl (C=O) groups excluding carboxylic acids is 2. The number of rotatable bonds is 6. The van der Waals surface area contributed by atoms with Crippen LogP contribution in [0.4, 0.5) is 13.2 Å². The molecule has 1 N–H and O–H groups in total. The Morgan fingerprint density at radius 3 is 2.31 bits per heavy atom. The molecule has 0 unspecified atom stereocenters. The highest BCUT2D eigenvalue weighted by molar-refractivity contribution is 6.06. The van der Waals surface area contributed by atoms with Gasteiger partial charge in [0, 0.05) is 18.1 Å². The van der Waals surface area contributed by atoms with Gasteiger partial charge in [-0.15, -0.1) is 13.2 Å². The number of carbonyl (C=O) groups is 2. The van der Waals surface area contributed by atoms with Crippen molar-refractivity contribution in [1.82, 2.24) is 4.57 Å². The summed E-state index contributed by atoms with van der Waals surface area (Å²) in [6.45, 7) is 4.83. The molecule has 0 aliphatic carbocycles. The van der Waals surface area contributed by atoms with Gasteiger partial charge in [0.1, 0.15) is 11.5 Å². The van der Waals surface area contributed by atoms with Crippen molar-refractivity contribution in [2.24, 2.45) is 0 Å². The second-order valence-corrected chi connectivity index (χ2v) is 7.28. The van der Waals surface area contributed by atoms with Gasteiger partial charge in [-0.1, -0.05) is 13.3 Å². The molecule has 0 radical (unpaired) electrons. The Morgan fingerprint density at radius 1 is 1.09 bits per heavy atom. The van der Waals surface area contributed by atoms with Crippen LogP contribution in [-0.2, 0) is 11.2 Å². The first-order chi connectivity index (χ1) is 15.0. The average molecular weight is 449 g/mol. The summed E-state index contributed by atoms with van der Waals surface area (Å²) in [6, 6.07) is 7.55. The molecule has 0 aliphatic rings. The van der Waals surface area contributed by atoms with E-state index in [9.17, 15) is 27.9 Å². The highest BCUT2D eigenvalue weighted by Crippen LogP contribution is 2.40. The van der Waals surface area contributed by atoms with E-state index in [4.69, 9.17) is 4.74 Å². The largest absolute Gasteiger partial charge is 0.573 e. The lowest BCUT2D eigenvalue weighted by molar-refractivity contribution is -0.274. The number of phenolic OH excluding ortho intramolecular Hbond substituents is 1. The summed E-state index contributed by atoms with van der Waals surface area (Å²) in [7, 11) is 0. The molecule has 1 heterocycles. The number of halogens is 3. The number of ether oxygens (including phenoxy) is 2. The van der Waals surface area contributed by atoms with E-state index in [2.05, 4.69) is 4.74 Å². The molecular formula is C23H22F3NO5. The minimum Gasteiger partial charge on any atom is -0.508 e. The predicted octanol–water partition coefficient (Wildman–Crippen LogP) is 5.51. The van der Waals surface area contributed by atoms with Crippen LogP contribution in [0.1, 0.15) is 48.3 Å². The first kappa shape index (κ1) is 23.2. The van der Waals surface area contributed by atoms with Crippen molar-refractivity contribution in [3.05, 3.63) is 53.2 Å². The molecule has 3 rings (SSSR count). The van der Waals surface area contributed by atoms with Crippen LogP contribution >= 0.6 is 0 Å². The third-order valence-corrected chi connectivity index (χ3v) is 4.96. The third kappa shape index (κ3) is 4.71. The van der Waals surface area contributed by atoms with Crippen LogP contribution in [0.5, 0.6) is 17.2 Å². The first-order valence-electron chi connectivity index (χ1n) is 9.98. The van der Waals surface area contributed by atoms with E-state index < -0.39 is 24.0 Å². The van der Waals surface area contributed by atoms with Crippen LogP contribution in [0, 0.1) is 6.92 Å². The van der Waals surface area contributed by atoms with Gasteiger partial charge >= 0.3 is 12.3 Å². The Morgan fingerprint density at radius 2 is 1.75 bits per heavy atom. The van der Waals surface area contributed by atoms with E-state index in [0.717, 1.165) is 25.0 Å². The summed E-state index contributed by atoms with van der Waals surface area (Å²) in [5, 5.41) is 10.9. The fraction of sp³-hybridized carbons (Fsp3) is 0.304. The van der Waals surface area contributed by atoms with Gasteiger partial charge in [-0.05, 0) is 56.2 Å². The van der Waals surface area contributed by atoms with E-state index in [1.54, 1.807) is 13.0 Å². The zero-order chi connectivity index (χ0) is 23.6. The number of fused-ring (bicyclic) bond motifs is 1. The number of unbranched alkanes of at least 4 members (excludes halogenated alkanes) is 1. The van der Waals surface area contributed by atoms with E-state index >= 15 is 0 Å². The molecule has 1 aromatic heterocycles. The number of esters is 1. The molecule has 9 heteroatoms. The lowest BCUT2D eigenvalue weighted by atomic mass is 10.0. The normalized spacial score (nSPS) is 11.6. The van der Waals surface area contributed by atoms with Crippen molar-refractivity contribution in [2.75, 3.05) is 0 Å². The zero-order valence-electron chi connectivity index (χ0n) is 17.7. The van der Waals surface area contributed by atoms with Gasteiger partial charge in [-0.25, -0.2) is 0 Å². The van der Waals surface area contributed by atoms with Crippen molar-refractivity contribution in [3.63, 3.8) is 0 Å². The van der Waals surface area contributed by atoms with Gasteiger partial charge in [0.2, 0.25) is 0 Å². The van der Waals surface area contributed by atoms with Crippen LogP contribution < -0.4 is 9.47 Å². The maximum absolute atomic E-state index is 13.3. The smallest absolute Gasteiger partial charge is 0.508 e. The summed E-state index contributed by atoms with van der Waals surface area (Å²) in [5.74, 6) is -1.37. The van der Waals surface area contributed by atoms with Crippen molar-refractivity contribution in [3.8, 4) is 17.2 Å². The van der Waals surface area contributed by atoms with E-state index in [-0.39, 0.29) is 17.1 Å². The Balaban J connectivity index is 2.14. The Bertz CT molecular complexity index is 1160. The number of aromatic hydroxyl groups is 1. The summed E-state index contributed by atoms with van der Waals surface area (Å²) >= 11 is 0. The van der Waals surface area contributed by atoms with Gasteiger partial charge in [0.25, 0.3) is 5.91 Å². The summed E-state index contributed by atoms with van der Waals surface area (Å²) < 4.78 is 47.8. The molecule has 6 nitrogen and oxygen atoms in total. The summed E-state index contributed by atoms with van der Waals surface area (Å²) in [6.07, 6.45) is -2.70. The lowest BCUT2D eigenvalue weighted by Gasteiger charge is -2.11. The van der Waals surface area contributed by atoms with Crippen molar-refractivity contribution in [1.29, 1.82) is 0 Å². The average Bonchev–Trinajstić information content (AvgIpc) is 2.97. The molecule has 170 valence electrons. The zero-order valence-corrected chi connectivity index (χ0v) is 17.7. The number of alkyl halides is 3. The lowest BCUT2D eigenvalue weighted by Crippen LogP contribution is -2.17. The van der Waals surface area contributed by atoms with Crippen molar-refractivity contribution in [2.45, 2.75) is 46.4 Å². The number of benzene rings is 2. The molecule has 0 atom stereocenters. The molecular weight excluding hydrogens is 427 g/mol. The molecule has 0 saturated carbocycles. The molecule has 32 heavy (non-hydrogen) atoms. The Kier molecular flexibility index (Phi) is 6.47. The van der Waals surface area contributed by atoms with Crippen LogP contribution in [0.2, 0.25) is 0 Å². The second-order valence-electron chi connectivity index (χ2n) is 7.28. The quantitative estimate of drug-likeness (QED) is 0.502. The molecule has 0 saturated heterocycles. The first-order valence-corrected chi connectivity index (χ1v) is 9.98.